The first-order chi connectivity index (χ1) is 12.5. The third kappa shape index (κ3) is 4.74. The minimum Gasteiger partial charge on any atom is -0.493 e. The van der Waals surface area contributed by atoms with Gasteiger partial charge in [-0.15, -0.1) is 0 Å². The highest BCUT2D eigenvalue weighted by Crippen LogP contribution is 2.39. The summed E-state index contributed by atoms with van der Waals surface area (Å²) in [6, 6.07) is 8.85. The number of aryl methyl sites for hydroxylation is 1. The van der Waals surface area contributed by atoms with E-state index in [1.54, 1.807) is 18.2 Å². The van der Waals surface area contributed by atoms with Crippen LogP contribution in [-0.4, -0.2) is 33.8 Å². The molecule has 2 aromatic rings. The molecule has 0 saturated heterocycles. The second-order valence-corrected chi connectivity index (χ2v) is 6.30. The topological polar surface area (TPSA) is 56.8 Å². The zero-order chi connectivity index (χ0) is 19.1. The Morgan fingerprint density at radius 1 is 0.962 bits per heavy atom. The smallest absolute Gasteiger partial charge is 0.255 e. The van der Waals surface area contributed by atoms with Crippen LogP contribution < -0.4 is 19.5 Å². The molecule has 140 valence electrons. The Bertz CT molecular complexity index is 780. The van der Waals surface area contributed by atoms with E-state index in [1.165, 1.54) is 21.3 Å². The number of hydrogen-bond donors (Lipinski definition) is 1. The standard InChI is InChI=1S/C19H21Cl2NO4/c1-24-16-9-7-13(17(25-2)18(16)26-3)19(23)22-10-4-5-12-6-8-14(20)15(21)11-12/h6-9,11H,4-5,10H2,1-3H3,(H,22,23). The summed E-state index contributed by atoms with van der Waals surface area (Å²) < 4.78 is 15.9. The first kappa shape index (κ1) is 20.2. The van der Waals surface area contributed by atoms with E-state index in [2.05, 4.69) is 5.32 Å². The summed E-state index contributed by atoms with van der Waals surface area (Å²) in [5, 5.41) is 3.95. The SMILES string of the molecule is COc1ccc(C(=O)NCCCc2ccc(Cl)c(Cl)c2)c(OC)c1OC. The molecule has 0 heterocycles. The molecule has 1 amide bonds. The number of methoxy groups -OCH3 is 3. The van der Waals surface area contributed by atoms with Crippen molar-refractivity contribution in [1.82, 2.24) is 5.32 Å². The van der Waals surface area contributed by atoms with Crippen molar-refractivity contribution in [3.8, 4) is 17.2 Å². The molecular weight excluding hydrogens is 377 g/mol. The highest BCUT2D eigenvalue weighted by molar-refractivity contribution is 6.42. The fourth-order valence-corrected chi connectivity index (χ4v) is 2.89. The van der Waals surface area contributed by atoms with E-state index < -0.39 is 0 Å². The fraction of sp³-hybridized carbons (Fsp3) is 0.316. The fourth-order valence-electron chi connectivity index (χ4n) is 2.56. The quantitative estimate of drug-likeness (QED) is 0.671. The first-order valence-corrected chi connectivity index (χ1v) is 8.78. The number of hydrogen-bond acceptors (Lipinski definition) is 4. The lowest BCUT2D eigenvalue weighted by Crippen LogP contribution is -2.25. The van der Waals surface area contributed by atoms with Crippen LogP contribution in [0, 0.1) is 0 Å². The maximum atomic E-state index is 12.5. The number of amides is 1. The van der Waals surface area contributed by atoms with Gasteiger partial charge in [0.05, 0.1) is 36.9 Å². The van der Waals surface area contributed by atoms with Crippen molar-refractivity contribution in [1.29, 1.82) is 0 Å². The van der Waals surface area contributed by atoms with Gasteiger partial charge in [-0.25, -0.2) is 0 Å². The molecule has 0 aliphatic heterocycles. The maximum absolute atomic E-state index is 12.5. The lowest BCUT2D eigenvalue weighted by molar-refractivity contribution is 0.0949. The van der Waals surface area contributed by atoms with E-state index in [4.69, 9.17) is 37.4 Å². The van der Waals surface area contributed by atoms with Crippen LogP contribution in [0.2, 0.25) is 10.0 Å². The van der Waals surface area contributed by atoms with E-state index in [0.717, 1.165) is 18.4 Å². The average Bonchev–Trinajstić information content (AvgIpc) is 2.66. The van der Waals surface area contributed by atoms with Gasteiger partial charge in [0.1, 0.15) is 0 Å². The maximum Gasteiger partial charge on any atom is 0.255 e. The van der Waals surface area contributed by atoms with Gasteiger partial charge in [0.2, 0.25) is 5.75 Å². The van der Waals surface area contributed by atoms with Gasteiger partial charge in [0.15, 0.2) is 11.5 Å². The molecule has 2 rings (SSSR count). The molecule has 0 fully saturated rings. The number of nitrogens with one attached hydrogen (secondary N) is 1. The molecule has 0 unspecified atom stereocenters. The largest absolute Gasteiger partial charge is 0.493 e. The van der Waals surface area contributed by atoms with Crippen molar-refractivity contribution < 1.29 is 19.0 Å². The van der Waals surface area contributed by atoms with Gasteiger partial charge in [0, 0.05) is 6.54 Å². The number of rotatable bonds is 8. The summed E-state index contributed by atoms with van der Waals surface area (Å²) >= 11 is 11.9. The van der Waals surface area contributed by atoms with E-state index in [9.17, 15) is 4.79 Å². The zero-order valence-electron chi connectivity index (χ0n) is 14.9. The number of carbonyl (C=O) groups excluding carboxylic acids is 1. The summed E-state index contributed by atoms with van der Waals surface area (Å²) in [7, 11) is 4.51. The molecule has 0 aliphatic carbocycles. The van der Waals surface area contributed by atoms with Crippen LogP contribution in [0.25, 0.3) is 0 Å². The third-order valence-electron chi connectivity index (χ3n) is 3.86. The van der Waals surface area contributed by atoms with Crippen molar-refractivity contribution in [3.63, 3.8) is 0 Å². The number of carbonyl (C=O) groups is 1. The Kier molecular flexibility index (Phi) is 7.42. The molecule has 0 aromatic heterocycles. The Hall–Kier alpha value is -2.11. The highest BCUT2D eigenvalue weighted by Gasteiger charge is 2.20. The Morgan fingerprint density at radius 3 is 2.31 bits per heavy atom. The van der Waals surface area contributed by atoms with Crippen LogP contribution in [-0.2, 0) is 6.42 Å². The zero-order valence-corrected chi connectivity index (χ0v) is 16.4. The summed E-state index contributed by atoms with van der Waals surface area (Å²) in [5.74, 6) is 0.991. The molecule has 0 aliphatic rings. The van der Waals surface area contributed by atoms with Crippen molar-refractivity contribution in [2.45, 2.75) is 12.8 Å². The van der Waals surface area contributed by atoms with Gasteiger partial charge >= 0.3 is 0 Å². The molecule has 0 bridgehead atoms. The van der Waals surface area contributed by atoms with Crippen LogP contribution in [0.4, 0.5) is 0 Å². The van der Waals surface area contributed by atoms with Crippen LogP contribution >= 0.6 is 23.2 Å². The molecule has 0 spiro atoms. The van der Waals surface area contributed by atoms with E-state index in [0.29, 0.717) is 39.4 Å². The highest BCUT2D eigenvalue weighted by atomic mass is 35.5. The predicted octanol–water partition coefficient (Wildman–Crippen LogP) is 4.38. The minimum atomic E-state index is -0.239. The van der Waals surface area contributed by atoms with Crippen LogP contribution in [0.5, 0.6) is 17.2 Å². The monoisotopic (exact) mass is 397 g/mol. The molecule has 0 saturated carbocycles. The lowest BCUT2D eigenvalue weighted by atomic mass is 10.1. The van der Waals surface area contributed by atoms with Gasteiger partial charge in [-0.1, -0.05) is 29.3 Å². The van der Waals surface area contributed by atoms with E-state index in [-0.39, 0.29) is 5.91 Å². The van der Waals surface area contributed by atoms with Crippen molar-refractivity contribution in [2.24, 2.45) is 0 Å². The molecule has 0 atom stereocenters. The Morgan fingerprint density at radius 2 is 1.69 bits per heavy atom. The summed E-state index contributed by atoms with van der Waals surface area (Å²) in [5.41, 5.74) is 1.46. The second-order valence-electron chi connectivity index (χ2n) is 5.49. The summed E-state index contributed by atoms with van der Waals surface area (Å²) in [4.78, 5) is 12.5. The van der Waals surface area contributed by atoms with Gasteiger partial charge in [-0.2, -0.15) is 0 Å². The second kappa shape index (κ2) is 9.55. The van der Waals surface area contributed by atoms with E-state index >= 15 is 0 Å². The van der Waals surface area contributed by atoms with Gasteiger partial charge in [0.25, 0.3) is 5.91 Å². The van der Waals surface area contributed by atoms with Crippen molar-refractivity contribution in [3.05, 3.63) is 51.5 Å². The molecule has 0 radical (unpaired) electrons. The van der Waals surface area contributed by atoms with Crippen LogP contribution in [0.1, 0.15) is 22.3 Å². The normalized spacial score (nSPS) is 10.3. The average molecular weight is 398 g/mol. The molecule has 7 heteroatoms. The molecule has 26 heavy (non-hydrogen) atoms. The molecule has 5 nitrogen and oxygen atoms in total. The number of ether oxygens (including phenoxy) is 3. The van der Waals surface area contributed by atoms with Crippen LogP contribution in [0.3, 0.4) is 0 Å². The van der Waals surface area contributed by atoms with Gasteiger partial charge in [-0.3, -0.25) is 4.79 Å². The number of halogens is 2. The van der Waals surface area contributed by atoms with Gasteiger partial charge in [-0.05, 0) is 42.7 Å². The first-order valence-electron chi connectivity index (χ1n) is 8.03. The lowest BCUT2D eigenvalue weighted by Gasteiger charge is -2.15. The van der Waals surface area contributed by atoms with Crippen molar-refractivity contribution in [2.75, 3.05) is 27.9 Å². The minimum absolute atomic E-state index is 0.239. The predicted molar refractivity (Wildman–Crippen MR) is 103 cm³/mol. The molecule has 2 aromatic carbocycles. The molecule has 1 N–H and O–H groups in total. The molecular formula is C19H21Cl2NO4. The van der Waals surface area contributed by atoms with Crippen LogP contribution in [0.15, 0.2) is 30.3 Å². The van der Waals surface area contributed by atoms with E-state index in [1.807, 2.05) is 12.1 Å². The Labute approximate surface area is 163 Å². The summed E-state index contributed by atoms with van der Waals surface area (Å²) in [6.45, 7) is 0.510. The number of benzene rings is 2. The van der Waals surface area contributed by atoms with Gasteiger partial charge < -0.3 is 19.5 Å². The Balaban J connectivity index is 1.98. The van der Waals surface area contributed by atoms with Crippen molar-refractivity contribution >= 4 is 29.1 Å². The third-order valence-corrected chi connectivity index (χ3v) is 4.60. The summed E-state index contributed by atoms with van der Waals surface area (Å²) in [6.07, 6.45) is 1.54.